The molecular formula is C10H18N2O2S. The second-order valence-electron chi connectivity index (χ2n) is 3.97. The lowest BCUT2D eigenvalue weighted by Gasteiger charge is -2.24. The first-order valence-corrected chi connectivity index (χ1v) is 6.61. The standard InChI is InChI=1S/C10H18N2O2S/c13-10(9-2-1-5-15-9)12-6-8-7-14-4-3-11-8/h8-9,11H,1-7H2,(H,12,13). The highest BCUT2D eigenvalue weighted by molar-refractivity contribution is 8.00. The fourth-order valence-corrected chi connectivity index (χ4v) is 3.06. The molecule has 2 aliphatic heterocycles. The molecule has 2 saturated heterocycles. The van der Waals surface area contributed by atoms with Gasteiger partial charge in [0.2, 0.25) is 5.91 Å². The van der Waals surface area contributed by atoms with Gasteiger partial charge in [0.1, 0.15) is 0 Å². The molecule has 4 nitrogen and oxygen atoms in total. The molecule has 0 bridgehead atoms. The summed E-state index contributed by atoms with van der Waals surface area (Å²) >= 11 is 1.77. The molecule has 1 amide bonds. The molecule has 86 valence electrons. The molecule has 0 aromatic carbocycles. The van der Waals surface area contributed by atoms with E-state index >= 15 is 0 Å². The summed E-state index contributed by atoms with van der Waals surface area (Å²) in [6.45, 7) is 3.07. The van der Waals surface area contributed by atoms with Crippen LogP contribution in [-0.4, -0.2) is 49.3 Å². The number of amides is 1. The molecule has 2 fully saturated rings. The third-order valence-corrected chi connectivity index (χ3v) is 4.12. The van der Waals surface area contributed by atoms with Crippen molar-refractivity contribution < 1.29 is 9.53 Å². The first-order chi connectivity index (χ1) is 7.36. The number of thioether (sulfide) groups is 1. The van der Waals surface area contributed by atoms with Crippen LogP contribution in [0.15, 0.2) is 0 Å². The molecule has 0 radical (unpaired) electrons. The van der Waals surface area contributed by atoms with Crippen LogP contribution in [0.1, 0.15) is 12.8 Å². The van der Waals surface area contributed by atoms with E-state index < -0.39 is 0 Å². The smallest absolute Gasteiger partial charge is 0.233 e. The summed E-state index contributed by atoms with van der Waals surface area (Å²) in [5.74, 6) is 1.33. The predicted molar refractivity (Wildman–Crippen MR) is 61.1 cm³/mol. The van der Waals surface area contributed by atoms with E-state index in [1.54, 1.807) is 11.8 Å². The Morgan fingerprint density at radius 2 is 2.53 bits per heavy atom. The number of hydrogen-bond donors (Lipinski definition) is 2. The summed E-state index contributed by atoms with van der Waals surface area (Å²) in [5.41, 5.74) is 0. The van der Waals surface area contributed by atoms with Crippen molar-refractivity contribution in [2.45, 2.75) is 24.1 Å². The monoisotopic (exact) mass is 230 g/mol. The Balaban J connectivity index is 1.65. The molecule has 2 heterocycles. The number of morpholine rings is 1. The maximum Gasteiger partial charge on any atom is 0.233 e. The third-order valence-electron chi connectivity index (χ3n) is 2.74. The largest absolute Gasteiger partial charge is 0.378 e. The SMILES string of the molecule is O=C(NCC1COCCN1)C1CCCS1. The molecule has 0 aromatic heterocycles. The zero-order chi connectivity index (χ0) is 10.5. The van der Waals surface area contributed by atoms with Gasteiger partial charge in [0.25, 0.3) is 0 Å². The van der Waals surface area contributed by atoms with Crippen molar-refractivity contribution in [2.75, 3.05) is 32.1 Å². The van der Waals surface area contributed by atoms with Crippen molar-refractivity contribution in [3.63, 3.8) is 0 Å². The molecule has 0 saturated carbocycles. The predicted octanol–water partition coefficient (Wildman–Crippen LogP) is -0.0134. The summed E-state index contributed by atoms with van der Waals surface area (Å²) in [5, 5.41) is 6.50. The fraction of sp³-hybridized carbons (Fsp3) is 0.900. The Labute approximate surface area is 94.5 Å². The molecule has 0 aromatic rings. The number of carbonyl (C=O) groups excluding carboxylic acids is 1. The van der Waals surface area contributed by atoms with Crippen LogP contribution in [-0.2, 0) is 9.53 Å². The van der Waals surface area contributed by atoms with Crippen LogP contribution in [0.4, 0.5) is 0 Å². The van der Waals surface area contributed by atoms with Gasteiger partial charge in [0, 0.05) is 19.1 Å². The molecule has 2 aliphatic rings. The quantitative estimate of drug-likeness (QED) is 0.716. The third kappa shape index (κ3) is 3.36. The molecule has 0 spiro atoms. The molecule has 15 heavy (non-hydrogen) atoms. The van der Waals surface area contributed by atoms with E-state index in [4.69, 9.17) is 4.74 Å². The Kier molecular flexibility index (Phi) is 4.29. The molecule has 2 rings (SSSR count). The van der Waals surface area contributed by atoms with Crippen LogP contribution in [0.5, 0.6) is 0 Å². The lowest BCUT2D eigenvalue weighted by molar-refractivity contribution is -0.120. The van der Waals surface area contributed by atoms with Crippen molar-refractivity contribution in [1.82, 2.24) is 10.6 Å². The highest BCUT2D eigenvalue weighted by Crippen LogP contribution is 2.25. The maximum absolute atomic E-state index is 11.7. The second kappa shape index (κ2) is 5.72. The fourth-order valence-electron chi connectivity index (χ4n) is 1.87. The van der Waals surface area contributed by atoms with E-state index in [2.05, 4.69) is 10.6 Å². The van der Waals surface area contributed by atoms with E-state index in [1.165, 1.54) is 6.42 Å². The lowest BCUT2D eigenvalue weighted by atomic mass is 10.2. The molecule has 5 heteroatoms. The van der Waals surface area contributed by atoms with Crippen LogP contribution in [0.2, 0.25) is 0 Å². The van der Waals surface area contributed by atoms with Gasteiger partial charge in [-0.25, -0.2) is 0 Å². The average molecular weight is 230 g/mol. The second-order valence-corrected chi connectivity index (χ2v) is 5.28. The summed E-state index contributed by atoms with van der Waals surface area (Å²) < 4.78 is 5.32. The topological polar surface area (TPSA) is 50.4 Å². The number of carbonyl (C=O) groups is 1. The van der Waals surface area contributed by atoms with E-state index in [1.807, 2.05) is 0 Å². The normalized spacial score (nSPS) is 31.5. The summed E-state index contributed by atoms with van der Waals surface area (Å²) in [7, 11) is 0. The van der Waals surface area contributed by atoms with Crippen molar-refractivity contribution in [2.24, 2.45) is 0 Å². The highest BCUT2D eigenvalue weighted by Gasteiger charge is 2.24. The van der Waals surface area contributed by atoms with E-state index in [9.17, 15) is 4.79 Å². The minimum absolute atomic E-state index is 0.189. The molecule has 2 N–H and O–H groups in total. The first kappa shape index (κ1) is 11.2. The van der Waals surface area contributed by atoms with E-state index in [0.29, 0.717) is 13.2 Å². The van der Waals surface area contributed by atoms with Crippen molar-refractivity contribution in [1.29, 1.82) is 0 Å². The number of hydrogen-bond acceptors (Lipinski definition) is 4. The number of nitrogens with one attached hydrogen (secondary N) is 2. The van der Waals surface area contributed by atoms with Crippen LogP contribution in [0.3, 0.4) is 0 Å². The Hall–Kier alpha value is -0.260. The Morgan fingerprint density at radius 3 is 3.20 bits per heavy atom. The molecule has 0 aliphatic carbocycles. The highest BCUT2D eigenvalue weighted by atomic mass is 32.2. The number of ether oxygens (including phenoxy) is 1. The molecular weight excluding hydrogens is 212 g/mol. The Bertz CT molecular complexity index is 213. The summed E-state index contributed by atoms with van der Waals surface area (Å²) in [6.07, 6.45) is 2.21. The minimum atomic E-state index is 0.189. The van der Waals surface area contributed by atoms with Crippen LogP contribution in [0.25, 0.3) is 0 Å². The van der Waals surface area contributed by atoms with Gasteiger partial charge in [-0.15, -0.1) is 11.8 Å². The summed E-state index contributed by atoms with van der Waals surface area (Å²) in [4.78, 5) is 11.7. The van der Waals surface area contributed by atoms with Crippen LogP contribution >= 0.6 is 11.8 Å². The Morgan fingerprint density at radius 1 is 1.60 bits per heavy atom. The minimum Gasteiger partial charge on any atom is -0.378 e. The van der Waals surface area contributed by atoms with Crippen LogP contribution < -0.4 is 10.6 Å². The van der Waals surface area contributed by atoms with Gasteiger partial charge in [-0.3, -0.25) is 4.79 Å². The van der Waals surface area contributed by atoms with Crippen molar-refractivity contribution >= 4 is 17.7 Å². The zero-order valence-electron chi connectivity index (χ0n) is 8.83. The summed E-state index contributed by atoms with van der Waals surface area (Å²) in [6, 6.07) is 0.286. The van der Waals surface area contributed by atoms with E-state index in [0.717, 1.165) is 25.3 Å². The van der Waals surface area contributed by atoms with Gasteiger partial charge in [0.15, 0.2) is 0 Å². The van der Waals surface area contributed by atoms with Gasteiger partial charge in [-0.05, 0) is 18.6 Å². The first-order valence-electron chi connectivity index (χ1n) is 5.57. The maximum atomic E-state index is 11.7. The lowest BCUT2D eigenvalue weighted by Crippen LogP contribution is -2.49. The van der Waals surface area contributed by atoms with Crippen LogP contribution in [0, 0.1) is 0 Å². The van der Waals surface area contributed by atoms with Gasteiger partial charge in [0.05, 0.1) is 18.5 Å². The number of rotatable bonds is 3. The molecule has 2 atom stereocenters. The molecule has 2 unspecified atom stereocenters. The zero-order valence-corrected chi connectivity index (χ0v) is 9.65. The van der Waals surface area contributed by atoms with Gasteiger partial charge < -0.3 is 15.4 Å². The van der Waals surface area contributed by atoms with Crippen molar-refractivity contribution in [3.8, 4) is 0 Å². The average Bonchev–Trinajstić information content (AvgIpc) is 2.81. The van der Waals surface area contributed by atoms with Gasteiger partial charge in [-0.1, -0.05) is 0 Å². The van der Waals surface area contributed by atoms with Gasteiger partial charge >= 0.3 is 0 Å². The van der Waals surface area contributed by atoms with Gasteiger partial charge in [-0.2, -0.15) is 0 Å². The van der Waals surface area contributed by atoms with Crippen molar-refractivity contribution in [3.05, 3.63) is 0 Å². The van der Waals surface area contributed by atoms with E-state index in [-0.39, 0.29) is 17.2 Å².